The van der Waals surface area contributed by atoms with Gasteiger partial charge in [-0.1, -0.05) is 23.7 Å². The Morgan fingerprint density at radius 1 is 1.14 bits per heavy atom. The van der Waals surface area contributed by atoms with E-state index < -0.39 is 0 Å². The quantitative estimate of drug-likeness (QED) is 0.312. The summed E-state index contributed by atoms with van der Waals surface area (Å²) in [5.41, 5.74) is 3.61. The van der Waals surface area contributed by atoms with Crippen LogP contribution in [0.15, 0.2) is 60.2 Å². The Morgan fingerprint density at radius 2 is 2.07 bits per heavy atom. The average molecular weight is 426 g/mol. The van der Waals surface area contributed by atoms with Gasteiger partial charge < -0.3 is 20.9 Å². The smallest absolute Gasteiger partial charge is 0.263 e. The number of fused-ring (bicyclic) bond motifs is 1. The number of aromatic amines is 1. The van der Waals surface area contributed by atoms with Gasteiger partial charge in [-0.25, -0.2) is 4.98 Å². The first-order valence-corrected chi connectivity index (χ1v) is 10.5. The third-order valence-corrected chi connectivity index (χ3v) is 5.55. The second-order valence-corrected chi connectivity index (χ2v) is 7.80. The molecule has 0 aliphatic heterocycles. The summed E-state index contributed by atoms with van der Waals surface area (Å²) in [6.45, 7) is 1.91. The third-order valence-electron chi connectivity index (χ3n) is 4.41. The minimum absolute atomic E-state index is 0.0913. The molecule has 29 heavy (non-hydrogen) atoms. The minimum atomic E-state index is -0.0913. The number of benzene rings is 1. The molecule has 0 radical (unpaired) electrons. The number of anilines is 2. The SMILES string of the molecule is O=C(NCCNCc1cccc(Cl)c1)c1sccc1Nc1ccnc2[nH]ccc12. The van der Waals surface area contributed by atoms with Gasteiger partial charge in [-0.2, -0.15) is 0 Å². The molecule has 0 bridgehead atoms. The first-order chi connectivity index (χ1) is 14.2. The van der Waals surface area contributed by atoms with Crippen molar-refractivity contribution in [1.82, 2.24) is 20.6 Å². The molecular formula is C21H20ClN5OS. The molecule has 6 nitrogen and oxygen atoms in total. The maximum Gasteiger partial charge on any atom is 0.263 e. The van der Waals surface area contributed by atoms with E-state index in [1.165, 1.54) is 11.3 Å². The van der Waals surface area contributed by atoms with E-state index in [4.69, 9.17) is 11.6 Å². The van der Waals surface area contributed by atoms with Crippen molar-refractivity contribution in [2.75, 3.05) is 18.4 Å². The predicted molar refractivity (Wildman–Crippen MR) is 119 cm³/mol. The van der Waals surface area contributed by atoms with Gasteiger partial charge in [0.25, 0.3) is 5.91 Å². The van der Waals surface area contributed by atoms with E-state index in [1.807, 2.05) is 54.0 Å². The fourth-order valence-electron chi connectivity index (χ4n) is 3.02. The zero-order valence-corrected chi connectivity index (χ0v) is 17.1. The molecule has 0 saturated carbocycles. The van der Waals surface area contributed by atoms with Crippen molar-refractivity contribution >= 4 is 51.3 Å². The van der Waals surface area contributed by atoms with E-state index in [0.717, 1.165) is 33.0 Å². The average Bonchev–Trinajstić information content (AvgIpc) is 3.37. The number of thiophene rings is 1. The van der Waals surface area contributed by atoms with Crippen LogP contribution in [0.2, 0.25) is 5.02 Å². The van der Waals surface area contributed by atoms with Crippen molar-refractivity contribution in [3.8, 4) is 0 Å². The van der Waals surface area contributed by atoms with E-state index in [1.54, 1.807) is 6.20 Å². The number of aromatic nitrogens is 2. The number of carbonyl (C=O) groups excluding carboxylic acids is 1. The van der Waals surface area contributed by atoms with E-state index in [0.29, 0.717) is 24.5 Å². The van der Waals surface area contributed by atoms with E-state index in [9.17, 15) is 4.79 Å². The summed E-state index contributed by atoms with van der Waals surface area (Å²) in [6.07, 6.45) is 3.58. The lowest BCUT2D eigenvalue weighted by molar-refractivity contribution is 0.0958. The first kappa shape index (κ1) is 19.4. The third kappa shape index (κ3) is 4.76. The zero-order valence-electron chi connectivity index (χ0n) is 15.5. The van der Waals surface area contributed by atoms with E-state index >= 15 is 0 Å². The summed E-state index contributed by atoms with van der Waals surface area (Å²) in [6, 6.07) is 13.5. The molecule has 3 aromatic heterocycles. The van der Waals surface area contributed by atoms with Gasteiger partial charge in [0.05, 0.1) is 11.4 Å². The number of pyridine rings is 1. The lowest BCUT2D eigenvalue weighted by Crippen LogP contribution is -2.31. The number of rotatable bonds is 8. The van der Waals surface area contributed by atoms with Crippen LogP contribution < -0.4 is 16.0 Å². The molecule has 0 spiro atoms. The molecule has 0 unspecified atom stereocenters. The minimum Gasteiger partial charge on any atom is -0.354 e. The fourth-order valence-corrected chi connectivity index (χ4v) is 4.00. The van der Waals surface area contributed by atoms with Gasteiger partial charge in [-0.15, -0.1) is 11.3 Å². The summed E-state index contributed by atoms with van der Waals surface area (Å²) in [7, 11) is 0. The van der Waals surface area contributed by atoms with Gasteiger partial charge in [-0.05, 0) is 41.3 Å². The van der Waals surface area contributed by atoms with Gasteiger partial charge in [0, 0.05) is 42.4 Å². The molecule has 0 atom stereocenters. The first-order valence-electron chi connectivity index (χ1n) is 9.21. The number of H-pyrrole nitrogens is 1. The summed E-state index contributed by atoms with van der Waals surface area (Å²) in [5, 5.41) is 13.2. The highest BCUT2D eigenvalue weighted by Gasteiger charge is 2.14. The summed E-state index contributed by atoms with van der Waals surface area (Å²) in [5.74, 6) is -0.0913. The molecule has 4 N–H and O–H groups in total. The molecule has 8 heteroatoms. The Hall–Kier alpha value is -2.87. The molecule has 0 fully saturated rings. The fraction of sp³-hybridized carbons (Fsp3) is 0.143. The maximum absolute atomic E-state index is 12.6. The van der Waals surface area contributed by atoms with E-state index in [2.05, 4.69) is 25.9 Å². The Kier molecular flexibility index (Phi) is 6.09. The molecule has 3 heterocycles. The Balaban J connectivity index is 1.31. The summed E-state index contributed by atoms with van der Waals surface area (Å²) >= 11 is 7.40. The highest BCUT2D eigenvalue weighted by atomic mass is 35.5. The van der Waals surface area contributed by atoms with Gasteiger partial charge in [0.2, 0.25) is 0 Å². The lowest BCUT2D eigenvalue weighted by Gasteiger charge is -2.10. The largest absolute Gasteiger partial charge is 0.354 e. The van der Waals surface area contributed by atoms with Crippen molar-refractivity contribution in [3.63, 3.8) is 0 Å². The topological polar surface area (TPSA) is 81.8 Å². The van der Waals surface area contributed by atoms with Gasteiger partial charge in [-0.3, -0.25) is 4.79 Å². The highest BCUT2D eigenvalue weighted by molar-refractivity contribution is 7.12. The molecule has 1 aromatic carbocycles. The number of hydrogen-bond acceptors (Lipinski definition) is 5. The zero-order chi connectivity index (χ0) is 20.1. The molecule has 0 saturated heterocycles. The number of hydrogen-bond donors (Lipinski definition) is 4. The molecular weight excluding hydrogens is 406 g/mol. The second-order valence-electron chi connectivity index (χ2n) is 6.45. The van der Waals surface area contributed by atoms with E-state index in [-0.39, 0.29) is 5.91 Å². The molecule has 0 aliphatic carbocycles. The predicted octanol–water partition coefficient (Wildman–Crippen LogP) is 4.54. The summed E-state index contributed by atoms with van der Waals surface area (Å²) in [4.78, 5) is 20.6. The van der Waals surface area contributed by atoms with Crippen molar-refractivity contribution in [3.05, 3.63) is 75.7 Å². The number of halogens is 1. The molecule has 148 valence electrons. The van der Waals surface area contributed by atoms with Crippen molar-refractivity contribution in [2.45, 2.75) is 6.54 Å². The van der Waals surface area contributed by atoms with Crippen molar-refractivity contribution < 1.29 is 4.79 Å². The molecule has 4 aromatic rings. The number of amides is 1. The maximum atomic E-state index is 12.6. The number of nitrogens with one attached hydrogen (secondary N) is 4. The van der Waals surface area contributed by atoms with Crippen LogP contribution in [0.1, 0.15) is 15.2 Å². The van der Waals surface area contributed by atoms with Crippen molar-refractivity contribution in [1.29, 1.82) is 0 Å². The van der Waals surface area contributed by atoms with Gasteiger partial charge in [0.1, 0.15) is 10.5 Å². The number of nitrogens with zero attached hydrogens (tertiary/aromatic N) is 1. The number of carbonyl (C=O) groups is 1. The Morgan fingerprint density at radius 3 is 2.97 bits per heavy atom. The molecule has 4 rings (SSSR count). The van der Waals surface area contributed by atoms with Crippen molar-refractivity contribution in [2.24, 2.45) is 0 Å². The van der Waals surface area contributed by atoms with Crippen LogP contribution in [0.3, 0.4) is 0 Å². The van der Waals surface area contributed by atoms with Crippen LogP contribution in [-0.4, -0.2) is 29.0 Å². The standard InChI is InChI=1S/C21H20ClN5OS/c22-15-3-1-2-14(12-15)13-23-9-10-26-21(28)19-18(6-11-29-19)27-17-5-8-25-20-16(17)4-7-24-20/h1-8,11-12,23H,9-10,13H2,(H,26,28)(H2,24,25,27). The molecule has 1 amide bonds. The second kappa shape index (κ2) is 9.09. The van der Waals surface area contributed by atoms with Gasteiger partial charge >= 0.3 is 0 Å². The van der Waals surface area contributed by atoms with Crippen LogP contribution in [0.5, 0.6) is 0 Å². The van der Waals surface area contributed by atoms with Crippen LogP contribution in [-0.2, 0) is 6.54 Å². The lowest BCUT2D eigenvalue weighted by atomic mass is 10.2. The Labute approximate surface area is 177 Å². The summed E-state index contributed by atoms with van der Waals surface area (Å²) < 4.78 is 0. The molecule has 0 aliphatic rings. The normalized spacial score (nSPS) is 10.9. The van der Waals surface area contributed by atoms with Crippen LogP contribution in [0.25, 0.3) is 11.0 Å². The monoisotopic (exact) mass is 425 g/mol. The van der Waals surface area contributed by atoms with Crippen LogP contribution >= 0.6 is 22.9 Å². The van der Waals surface area contributed by atoms with Gasteiger partial charge in [0.15, 0.2) is 0 Å². The van der Waals surface area contributed by atoms with Crippen LogP contribution in [0.4, 0.5) is 11.4 Å². The Bertz CT molecular complexity index is 1120. The highest BCUT2D eigenvalue weighted by Crippen LogP contribution is 2.29. The van der Waals surface area contributed by atoms with Crippen LogP contribution in [0, 0.1) is 0 Å².